The zero-order chi connectivity index (χ0) is 13.0. The highest BCUT2D eigenvalue weighted by atomic mass is 16.5. The average Bonchev–Trinajstić information content (AvgIpc) is 2.40. The van der Waals surface area contributed by atoms with Crippen LogP contribution in [0.1, 0.15) is 6.92 Å². The van der Waals surface area contributed by atoms with Crippen molar-refractivity contribution < 1.29 is 9.53 Å². The largest absolute Gasteiger partial charge is 0.378 e. The summed E-state index contributed by atoms with van der Waals surface area (Å²) in [5.74, 6) is -0.171. The molecule has 1 aromatic rings. The molecule has 0 spiro atoms. The number of hydrogen-bond donors (Lipinski definition) is 2. The molecule has 5 nitrogen and oxygen atoms in total. The molecule has 1 fully saturated rings. The fourth-order valence-electron chi connectivity index (χ4n) is 1.91. The summed E-state index contributed by atoms with van der Waals surface area (Å²) < 4.78 is 5.33. The number of nitrogens with one attached hydrogen (secondary N) is 1. The minimum absolute atomic E-state index is 0.171. The molecule has 1 aliphatic rings. The molecule has 1 atom stereocenters. The third-order valence-corrected chi connectivity index (χ3v) is 2.93. The van der Waals surface area contributed by atoms with Gasteiger partial charge in [-0.1, -0.05) is 12.1 Å². The summed E-state index contributed by atoms with van der Waals surface area (Å²) in [6.07, 6.45) is 0. The number of nitrogens with zero attached hydrogens (tertiary/aromatic N) is 1. The highest BCUT2D eigenvalue weighted by Crippen LogP contribution is 2.26. The van der Waals surface area contributed by atoms with Gasteiger partial charge < -0.3 is 20.7 Å². The minimum Gasteiger partial charge on any atom is -0.378 e. The van der Waals surface area contributed by atoms with Gasteiger partial charge in [0.05, 0.1) is 30.6 Å². The first-order chi connectivity index (χ1) is 8.68. The molecule has 18 heavy (non-hydrogen) atoms. The van der Waals surface area contributed by atoms with Crippen LogP contribution < -0.4 is 16.0 Å². The summed E-state index contributed by atoms with van der Waals surface area (Å²) in [7, 11) is 0. The molecule has 98 valence electrons. The van der Waals surface area contributed by atoms with Crippen LogP contribution in [-0.2, 0) is 9.53 Å². The fourth-order valence-corrected chi connectivity index (χ4v) is 1.91. The number of nitrogens with two attached hydrogens (primary N) is 1. The van der Waals surface area contributed by atoms with Gasteiger partial charge in [0.1, 0.15) is 0 Å². The lowest BCUT2D eigenvalue weighted by Gasteiger charge is -2.30. The first kappa shape index (κ1) is 12.9. The second-order valence-corrected chi connectivity index (χ2v) is 4.39. The molecule has 5 heteroatoms. The van der Waals surface area contributed by atoms with Crippen LogP contribution in [0.5, 0.6) is 0 Å². The van der Waals surface area contributed by atoms with E-state index < -0.39 is 6.04 Å². The molecule has 1 aromatic carbocycles. The molecule has 1 aliphatic heterocycles. The van der Waals surface area contributed by atoms with Crippen molar-refractivity contribution in [1.29, 1.82) is 0 Å². The van der Waals surface area contributed by atoms with Gasteiger partial charge >= 0.3 is 0 Å². The lowest BCUT2D eigenvalue weighted by atomic mass is 10.2. The highest BCUT2D eigenvalue weighted by Gasteiger charge is 2.16. The van der Waals surface area contributed by atoms with Crippen LogP contribution in [-0.4, -0.2) is 38.3 Å². The van der Waals surface area contributed by atoms with E-state index in [0.717, 1.165) is 37.7 Å². The Morgan fingerprint density at radius 3 is 2.72 bits per heavy atom. The van der Waals surface area contributed by atoms with Gasteiger partial charge in [-0.15, -0.1) is 0 Å². The maximum atomic E-state index is 11.7. The Bertz CT molecular complexity index is 414. The molecule has 2 rings (SSSR count). The van der Waals surface area contributed by atoms with Crippen LogP contribution in [0, 0.1) is 0 Å². The maximum absolute atomic E-state index is 11.7. The summed E-state index contributed by atoms with van der Waals surface area (Å²) in [6, 6.07) is 7.25. The van der Waals surface area contributed by atoms with Gasteiger partial charge in [0.25, 0.3) is 0 Å². The normalized spacial score (nSPS) is 17.3. The van der Waals surface area contributed by atoms with E-state index in [1.807, 2.05) is 24.3 Å². The maximum Gasteiger partial charge on any atom is 0.241 e. The standard InChI is InChI=1S/C13H19N3O2/c1-10(14)13(17)15-11-4-2-3-5-12(11)16-6-8-18-9-7-16/h2-5,10H,6-9,14H2,1H3,(H,15,17). The van der Waals surface area contributed by atoms with Crippen molar-refractivity contribution in [1.82, 2.24) is 0 Å². The van der Waals surface area contributed by atoms with Crippen LogP contribution in [0.2, 0.25) is 0 Å². The van der Waals surface area contributed by atoms with Crippen LogP contribution in [0.15, 0.2) is 24.3 Å². The van der Waals surface area contributed by atoms with Gasteiger partial charge in [0.2, 0.25) is 5.91 Å². The Kier molecular flexibility index (Phi) is 4.17. The third kappa shape index (κ3) is 3.00. The number of rotatable bonds is 3. The molecule has 0 aromatic heterocycles. The van der Waals surface area contributed by atoms with Crippen LogP contribution in [0.4, 0.5) is 11.4 Å². The number of carbonyl (C=O) groups excluding carboxylic acids is 1. The molecule has 1 unspecified atom stereocenters. The summed E-state index contributed by atoms with van der Waals surface area (Å²) >= 11 is 0. The first-order valence-corrected chi connectivity index (χ1v) is 6.16. The molecule has 0 radical (unpaired) electrons. The Hall–Kier alpha value is -1.59. The first-order valence-electron chi connectivity index (χ1n) is 6.16. The van der Waals surface area contributed by atoms with Crippen molar-refractivity contribution in [3.8, 4) is 0 Å². The van der Waals surface area contributed by atoms with Crippen molar-refractivity contribution in [2.45, 2.75) is 13.0 Å². The van der Waals surface area contributed by atoms with E-state index >= 15 is 0 Å². The molecule has 0 saturated carbocycles. The van der Waals surface area contributed by atoms with Crippen molar-refractivity contribution in [3.63, 3.8) is 0 Å². The lowest BCUT2D eigenvalue weighted by Crippen LogP contribution is -2.37. The summed E-state index contributed by atoms with van der Waals surface area (Å²) in [6.45, 7) is 4.79. The monoisotopic (exact) mass is 249 g/mol. The number of amides is 1. The van der Waals surface area contributed by atoms with E-state index in [1.54, 1.807) is 6.92 Å². The second-order valence-electron chi connectivity index (χ2n) is 4.39. The zero-order valence-electron chi connectivity index (χ0n) is 10.6. The van der Waals surface area contributed by atoms with Gasteiger partial charge in [0.15, 0.2) is 0 Å². The summed E-state index contributed by atoms with van der Waals surface area (Å²) in [5.41, 5.74) is 7.40. The molecule has 3 N–H and O–H groups in total. The van der Waals surface area contributed by atoms with Crippen molar-refractivity contribution in [2.24, 2.45) is 5.73 Å². The molecule has 0 aliphatic carbocycles. The van der Waals surface area contributed by atoms with Crippen LogP contribution in [0.25, 0.3) is 0 Å². The fraction of sp³-hybridized carbons (Fsp3) is 0.462. The summed E-state index contributed by atoms with van der Waals surface area (Å²) in [4.78, 5) is 13.9. The number of benzene rings is 1. The van der Waals surface area contributed by atoms with Crippen molar-refractivity contribution >= 4 is 17.3 Å². The van der Waals surface area contributed by atoms with Crippen molar-refractivity contribution in [3.05, 3.63) is 24.3 Å². The van der Waals surface area contributed by atoms with Crippen LogP contribution in [0.3, 0.4) is 0 Å². The third-order valence-electron chi connectivity index (χ3n) is 2.93. The second kappa shape index (κ2) is 5.84. The zero-order valence-corrected chi connectivity index (χ0v) is 10.6. The van der Waals surface area contributed by atoms with Gasteiger partial charge in [-0.3, -0.25) is 4.79 Å². The number of para-hydroxylation sites is 2. The summed E-state index contributed by atoms with van der Waals surface area (Å²) in [5, 5.41) is 2.86. The number of anilines is 2. The van der Waals surface area contributed by atoms with Crippen LogP contribution >= 0.6 is 0 Å². The molecule has 1 heterocycles. The average molecular weight is 249 g/mol. The number of ether oxygens (including phenoxy) is 1. The van der Waals surface area contributed by atoms with E-state index in [9.17, 15) is 4.79 Å². The molecular formula is C13H19N3O2. The van der Waals surface area contributed by atoms with Gasteiger partial charge in [-0.2, -0.15) is 0 Å². The van der Waals surface area contributed by atoms with Gasteiger partial charge in [0, 0.05) is 13.1 Å². The Morgan fingerprint density at radius 1 is 1.39 bits per heavy atom. The number of hydrogen-bond acceptors (Lipinski definition) is 4. The number of morpholine rings is 1. The Morgan fingerprint density at radius 2 is 2.06 bits per heavy atom. The SMILES string of the molecule is CC(N)C(=O)Nc1ccccc1N1CCOCC1. The van der Waals surface area contributed by atoms with Gasteiger partial charge in [-0.05, 0) is 19.1 Å². The minimum atomic E-state index is -0.511. The molecule has 1 saturated heterocycles. The number of carbonyl (C=O) groups is 1. The van der Waals surface area contributed by atoms with E-state index in [0.29, 0.717) is 0 Å². The molecule has 1 amide bonds. The van der Waals surface area contributed by atoms with E-state index in [-0.39, 0.29) is 5.91 Å². The predicted octanol–water partition coefficient (Wildman–Crippen LogP) is 0.809. The smallest absolute Gasteiger partial charge is 0.241 e. The van der Waals surface area contributed by atoms with Gasteiger partial charge in [-0.25, -0.2) is 0 Å². The van der Waals surface area contributed by atoms with E-state index in [1.165, 1.54) is 0 Å². The topological polar surface area (TPSA) is 67.6 Å². The predicted molar refractivity (Wildman–Crippen MR) is 71.8 cm³/mol. The van der Waals surface area contributed by atoms with E-state index in [4.69, 9.17) is 10.5 Å². The lowest BCUT2D eigenvalue weighted by molar-refractivity contribution is -0.117. The van der Waals surface area contributed by atoms with E-state index in [2.05, 4.69) is 10.2 Å². The Labute approximate surface area is 107 Å². The van der Waals surface area contributed by atoms with Crippen molar-refractivity contribution in [2.75, 3.05) is 36.5 Å². The quantitative estimate of drug-likeness (QED) is 0.832. The Balaban J connectivity index is 2.16. The highest BCUT2D eigenvalue weighted by molar-refractivity contribution is 5.97. The molecular weight excluding hydrogens is 230 g/mol. The molecule has 0 bridgehead atoms.